The lowest BCUT2D eigenvalue weighted by Crippen LogP contribution is -2.41. The fourth-order valence-electron chi connectivity index (χ4n) is 3.62. The lowest BCUT2D eigenvalue weighted by atomic mass is 9.98. The molecule has 0 aromatic heterocycles. The molecule has 1 aliphatic carbocycles. The van der Waals surface area contributed by atoms with E-state index in [1.807, 2.05) is 11.8 Å². The maximum atomic E-state index is 13.7. The molecule has 120 valence electrons. The second kappa shape index (κ2) is 6.67. The molecule has 1 amide bonds. The number of carbonyl (C=O) groups excluding carboxylic acids is 1. The van der Waals surface area contributed by atoms with Crippen LogP contribution in [0.5, 0.6) is 5.75 Å². The molecule has 1 aromatic rings. The van der Waals surface area contributed by atoms with Gasteiger partial charge in [-0.15, -0.1) is 0 Å². The number of piperidine rings is 1. The molecule has 0 saturated carbocycles. The van der Waals surface area contributed by atoms with Crippen molar-refractivity contribution in [3.8, 4) is 5.75 Å². The number of ether oxygens (including phenoxy) is 1. The Bertz CT molecular complexity index is 558. The number of amides is 1. The number of carbonyl (C=O) groups is 1. The van der Waals surface area contributed by atoms with E-state index in [-0.39, 0.29) is 11.7 Å². The Morgan fingerprint density at radius 3 is 2.95 bits per heavy atom. The van der Waals surface area contributed by atoms with Crippen LogP contribution in [0.25, 0.3) is 0 Å². The lowest BCUT2D eigenvalue weighted by molar-refractivity contribution is -0.132. The molecule has 4 heteroatoms. The Kier molecular flexibility index (Phi) is 4.65. The fourth-order valence-corrected chi connectivity index (χ4v) is 3.62. The first-order valence-corrected chi connectivity index (χ1v) is 8.40. The summed E-state index contributed by atoms with van der Waals surface area (Å²) in [6.07, 6.45) is 5.44. The van der Waals surface area contributed by atoms with Gasteiger partial charge in [-0.05, 0) is 49.8 Å². The molecule has 1 aliphatic heterocycles. The third kappa shape index (κ3) is 3.11. The third-order valence-corrected chi connectivity index (χ3v) is 4.83. The van der Waals surface area contributed by atoms with Gasteiger partial charge >= 0.3 is 0 Å². The smallest absolute Gasteiger partial charge is 0.222 e. The van der Waals surface area contributed by atoms with Crippen LogP contribution in [-0.4, -0.2) is 30.5 Å². The monoisotopic (exact) mass is 305 g/mol. The summed E-state index contributed by atoms with van der Waals surface area (Å²) in [5.41, 5.74) is 1.89. The molecule has 1 aromatic carbocycles. The fraction of sp³-hybridized carbons (Fsp3) is 0.611. The van der Waals surface area contributed by atoms with Crippen LogP contribution in [-0.2, 0) is 17.6 Å². The zero-order valence-corrected chi connectivity index (χ0v) is 13.2. The molecule has 2 aliphatic rings. The van der Waals surface area contributed by atoms with E-state index < -0.39 is 0 Å². The van der Waals surface area contributed by atoms with Crippen molar-refractivity contribution in [2.75, 3.05) is 19.7 Å². The number of fused-ring (bicyclic) bond motifs is 1. The average molecular weight is 305 g/mol. The minimum Gasteiger partial charge on any atom is -0.493 e. The van der Waals surface area contributed by atoms with Gasteiger partial charge in [-0.25, -0.2) is 4.39 Å². The number of benzene rings is 1. The highest BCUT2D eigenvalue weighted by Gasteiger charge is 2.24. The van der Waals surface area contributed by atoms with Gasteiger partial charge in [0.05, 0.1) is 6.61 Å². The van der Waals surface area contributed by atoms with Crippen LogP contribution in [0.15, 0.2) is 12.1 Å². The van der Waals surface area contributed by atoms with E-state index in [4.69, 9.17) is 4.74 Å². The lowest BCUT2D eigenvalue weighted by Gasteiger charge is -2.32. The summed E-state index contributed by atoms with van der Waals surface area (Å²) in [4.78, 5) is 13.8. The van der Waals surface area contributed by atoms with E-state index in [1.54, 1.807) is 6.07 Å². The summed E-state index contributed by atoms with van der Waals surface area (Å²) in [7, 11) is 0. The maximum Gasteiger partial charge on any atom is 0.222 e. The molecular formula is C18H24FNO2. The largest absolute Gasteiger partial charge is 0.493 e. The van der Waals surface area contributed by atoms with Crippen molar-refractivity contribution in [3.05, 3.63) is 29.1 Å². The van der Waals surface area contributed by atoms with Gasteiger partial charge < -0.3 is 9.64 Å². The number of hydrogen-bond donors (Lipinski definition) is 0. The van der Waals surface area contributed by atoms with E-state index >= 15 is 0 Å². The van der Waals surface area contributed by atoms with Crippen molar-refractivity contribution >= 4 is 5.91 Å². The number of nitrogens with zero attached hydrogens (tertiary/aromatic N) is 1. The molecule has 0 bridgehead atoms. The van der Waals surface area contributed by atoms with Gasteiger partial charge in [0.2, 0.25) is 5.91 Å². The summed E-state index contributed by atoms with van der Waals surface area (Å²) in [6, 6.07) is 3.28. The molecule has 1 saturated heterocycles. The highest BCUT2D eigenvalue weighted by molar-refractivity contribution is 5.75. The van der Waals surface area contributed by atoms with Crippen LogP contribution < -0.4 is 4.74 Å². The standard InChI is InChI=1S/C18H24FNO2/c1-2-18(21)20-10-4-5-13(11-20)12-22-17-9-8-16(19)14-6-3-7-15(14)17/h8-9,13H,2-7,10-12H2,1H3. The average Bonchev–Trinajstić information content (AvgIpc) is 3.04. The predicted molar refractivity (Wildman–Crippen MR) is 83.5 cm³/mol. The van der Waals surface area contributed by atoms with Crippen molar-refractivity contribution < 1.29 is 13.9 Å². The minimum absolute atomic E-state index is 0.0998. The molecule has 22 heavy (non-hydrogen) atoms. The van der Waals surface area contributed by atoms with Crippen molar-refractivity contribution in [2.24, 2.45) is 5.92 Å². The van der Waals surface area contributed by atoms with Gasteiger partial charge in [0.15, 0.2) is 0 Å². The molecule has 1 unspecified atom stereocenters. The molecule has 3 nitrogen and oxygen atoms in total. The minimum atomic E-state index is -0.0998. The number of likely N-dealkylation sites (tertiary alicyclic amines) is 1. The van der Waals surface area contributed by atoms with Crippen molar-refractivity contribution in [1.29, 1.82) is 0 Å². The molecule has 0 spiro atoms. The first kappa shape index (κ1) is 15.3. The first-order chi connectivity index (χ1) is 10.7. The second-order valence-corrected chi connectivity index (χ2v) is 6.37. The van der Waals surface area contributed by atoms with E-state index in [9.17, 15) is 9.18 Å². The Hall–Kier alpha value is -1.58. The first-order valence-electron chi connectivity index (χ1n) is 8.40. The number of hydrogen-bond acceptors (Lipinski definition) is 2. The summed E-state index contributed by atoms with van der Waals surface area (Å²) >= 11 is 0. The van der Waals surface area contributed by atoms with Crippen LogP contribution in [0.4, 0.5) is 4.39 Å². The summed E-state index contributed by atoms with van der Waals surface area (Å²) in [5, 5.41) is 0. The molecule has 0 N–H and O–H groups in total. The van der Waals surface area contributed by atoms with Crippen molar-refractivity contribution in [3.63, 3.8) is 0 Å². The van der Waals surface area contributed by atoms with Gasteiger partial charge in [0.25, 0.3) is 0 Å². The van der Waals surface area contributed by atoms with Gasteiger partial charge in [-0.1, -0.05) is 6.92 Å². The van der Waals surface area contributed by atoms with Gasteiger partial charge in [0.1, 0.15) is 11.6 Å². The normalized spacial score (nSPS) is 20.8. The molecule has 1 heterocycles. The molecule has 0 radical (unpaired) electrons. The Balaban J connectivity index is 1.61. The topological polar surface area (TPSA) is 29.5 Å². The zero-order chi connectivity index (χ0) is 15.5. The molecule has 1 fully saturated rings. The molecule has 1 atom stereocenters. The predicted octanol–water partition coefficient (Wildman–Crippen LogP) is 3.34. The highest BCUT2D eigenvalue weighted by atomic mass is 19.1. The highest BCUT2D eigenvalue weighted by Crippen LogP contribution is 2.33. The summed E-state index contributed by atoms with van der Waals surface area (Å²) < 4.78 is 19.7. The van der Waals surface area contributed by atoms with Gasteiger partial charge in [-0.3, -0.25) is 4.79 Å². The van der Waals surface area contributed by atoms with Crippen molar-refractivity contribution in [2.45, 2.75) is 45.4 Å². The quantitative estimate of drug-likeness (QED) is 0.854. The van der Waals surface area contributed by atoms with Crippen LogP contribution >= 0.6 is 0 Å². The Morgan fingerprint density at radius 2 is 2.14 bits per heavy atom. The SMILES string of the molecule is CCC(=O)N1CCCC(COc2ccc(F)c3c2CCC3)C1. The molecular weight excluding hydrogens is 281 g/mol. The Labute approximate surface area is 131 Å². The summed E-state index contributed by atoms with van der Waals surface area (Å²) in [5.74, 6) is 1.35. The van der Waals surface area contributed by atoms with Crippen LogP contribution in [0.1, 0.15) is 43.7 Å². The Morgan fingerprint density at radius 1 is 1.32 bits per heavy atom. The maximum absolute atomic E-state index is 13.7. The second-order valence-electron chi connectivity index (χ2n) is 6.37. The third-order valence-electron chi connectivity index (χ3n) is 4.83. The number of halogens is 1. The van der Waals surface area contributed by atoms with Crippen molar-refractivity contribution in [1.82, 2.24) is 4.90 Å². The van der Waals surface area contributed by atoms with Crippen LogP contribution in [0, 0.1) is 11.7 Å². The van der Waals surface area contributed by atoms with Gasteiger partial charge in [-0.2, -0.15) is 0 Å². The zero-order valence-electron chi connectivity index (χ0n) is 13.2. The van der Waals surface area contributed by atoms with Crippen LogP contribution in [0.2, 0.25) is 0 Å². The van der Waals surface area contributed by atoms with E-state index in [0.717, 1.165) is 62.1 Å². The van der Waals surface area contributed by atoms with Crippen LogP contribution in [0.3, 0.4) is 0 Å². The summed E-state index contributed by atoms with van der Waals surface area (Å²) in [6.45, 7) is 4.18. The number of rotatable bonds is 4. The van der Waals surface area contributed by atoms with E-state index in [1.165, 1.54) is 6.07 Å². The van der Waals surface area contributed by atoms with E-state index in [2.05, 4.69) is 0 Å². The van der Waals surface area contributed by atoms with E-state index in [0.29, 0.717) is 18.9 Å². The van der Waals surface area contributed by atoms with Gasteiger partial charge in [0, 0.05) is 31.0 Å². The molecule has 3 rings (SSSR count).